The summed E-state index contributed by atoms with van der Waals surface area (Å²) in [6, 6.07) is 19.8. The third-order valence-corrected chi connectivity index (χ3v) is 9.06. The second kappa shape index (κ2) is 9.94. The third kappa shape index (κ3) is 4.82. The van der Waals surface area contributed by atoms with Crippen LogP contribution >= 0.6 is 23.2 Å². The number of anilines is 1. The fraction of sp³-hybridized carbons (Fsp3) is 0.143. The summed E-state index contributed by atoms with van der Waals surface area (Å²) in [5, 5.41) is 13.0. The molecule has 0 radical (unpaired) electrons. The summed E-state index contributed by atoms with van der Waals surface area (Å²) in [6.07, 6.45) is 5.09. The van der Waals surface area contributed by atoms with Gasteiger partial charge in [0.2, 0.25) is 0 Å². The molecule has 0 saturated carbocycles. The van der Waals surface area contributed by atoms with Crippen molar-refractivity contribution >= 4 is 56.4 Å². The maximum Gasteiger partial charge on any atom is 0.314 e. The van der Waals surface area contributed by atoms with Gasteiger partial charge in [-0.15, -0.1) is 0 Å². The van der Waals surface area contributed by atoms with E-state index in [4.69, 9.17) is 23.2 Å². The molecule has 0 aromatic heterocycles. The molecule has 1 aliphatic carbocycles. The molecule has 2 atom stereocenters. The molecule has 10 heteroatoms. The van der Waals surface area contributed by atoms with E-state index in [-0.39, 0.29) is 17.0 Å². The fourth-order valence-corrected chi connectivity index (χ4v) is 6.67. The minimum absolute atomic E-state index is 0.0250. The largest absolute Gasteiger partial charge is 0.481 e. The highest BCUT2D eigenvalue weighted by molar-refractivity contribution is 7.92. The van der Waals surface area contributed by atoms with Gasteiger partial charge in [-0.2, -0.15) is 0 Å². The first-order valence-electron chi connectivity index (χ1n) is 11.7. The Kier molecular flexibility index (Phi) is 6.81. The molecule has 2 N–H and O–H groups in total. The van der Waals surface area contributed by atoms with Crippen LogP contribution in [0.3, 0.4) is 0 Å². The molecule has 5 rings (SSSR count). The van der Waals surface area contributed by atoms with Crippen molar-refractivity contribution in [1.82, 2.24) is 5.32 Å². The van der Waals surface area contributed by atoms with Gasteiger partial charge in [-0.05, 0) is 65.6 Å². The second-order valence-corrected chi connectivity index (χ2v) is 11.9. The summed E-state index contributed by atoms with van der Waals surface area (Å²) in [5.41, 5.74) is 2.86. The molecular weight excluding hydrogens is 547 g/mol. The monoisotopic (exact) mass is 568 g/mol. The number of sulfonamides is 1. The van der Waals surface area contributed by atoms with Crippen LogP contribution < -0.4 is 9.62 Å². The normalized spacial score (nSPS) is 20.5. The van der Waals surface area contributed by atoms with Crippen molar-refractivity contribution in [2.75, 3.05) is 10.8 Å². The first-order valence-corrected chi connectivity index (χ1v) is 13.9. The highest BCUT2D eigenvalue weighted by Gasteiger charge is 2.42. The number of fused-ring (bicyclic) bond motifs is 1. The molecule has 1 heterocycles. The van der Waals surface area contributed by atoms with Crippen molar-refractivity contribution < 1.29 is 23.1 Å². The van der Waals surface area contributed by atoms with Crippen LogP contribution in [0, 0.1) is 5.92 Å². The molecule has 38 heavy (non-hydrogen) atoms. The third-order valence-electron chi connectivity index (χ3n) is 6.56. The minimum atomic E-state index is -3.97. The Balaban J connectivity index is 1.40. The van der Waals surface area contributed by atoms with E-state index in [0.717, 1.165) is 11.1 Å². The average Bonchev–Trinajstić information content (AvgIpc) is 3.33. The molecule has 3 aromatic rings. The van der Waals surface area contributed by atoms with Crippen LogP contribution in [0.4, 0.5) is 5.69 Å². The van der Waals surface area contributed by atoms with Crippen LogP contribution in [-0.4, -0.2) is 36.9 Å². The minimum Gasteiger partial charge on any atom is -0.481 e. The van der Waals surface area contributed by atoms with Gasteiger partial charge < -0.3 is 10.4 Å². The molecule has 0 bridgehead atoms. The lowest BCUT2D eigenvalue weighted by Gasteiger charge is -2.32. The molecule has 1 amide bonds. The van der Waals surface area contributed by atoms with Gasteiger partial charge in [0.15, 0.2) is 5.00 Å². The average molecular weight is 569 g/mol. The Morgan fingerprint density at radius 1 is 1.03 bits per heavy atom. The van der Waals surface area contributed by atoms with E-state index in [1.54, 1.807) is 24.3 Å². The van der Waals surface area contributed by atoms with Crippen molar-refractivity contribution in [2.24, 2.45) is 5.92 Å². The number of allylic oxidation sites excluding steroid dienone is 2. The summed E-state index contributed by atoms with van der Waals surface area (Å²) in [7, 11) is -3.97. The Hall–Kier alpha value is -3.59. The van der Waals surface area contributed by atoms with Crippen LogP contribution in [0.25, 0.3) is 5.57 Å². The molecule has 0 fully saturated rings. The van der Waals surface area contributed by atoms with Gasteiger partial charge in [-0.25, -0.2) is 8.42 Å². The molecule has 194 valence electrons. The zero-order valence-corrected chi connectivity index (χ0v) is 22.2. The standard InChI is InChI=1S/C28H22Cl2N2O5S/c29-22-9-10-25-20(15-22)12-14-32(25)38(36,37)23-8-4-7-21(16-23)26(33)31-28(30)13-11-19(17-24(28)27(34)35)18-5-2-1-3-6-18/h1-11,13,15-17,24H,12,14H2,(H,31,33)(H,34,35). The number of benzene rings is 3. The maximum atomic E-state index is 13.5. The van der Waals surface area contributed by atoms with Crippen LogP contribution in [0.15, 0.2) is 95.9 Å². The number of carbonyl (C=O) groups excluding carboxylic acids is 1. The van der Waals surface area contributed by atoms with Gasteiger partial charge in [0.05, 0.1) is 10.6 Å². The summed E-state index contributed by atoms with van der Waals surface area (Å²) in [6.45, 7) is 0.250. The molecule has 3 aromatic carbocycles. The van der Waals surface area contributed by atoms with Gasteiger partial charge in [0.1, 0.15) is 5.92 Å². The van der Waals surface area contributed by atoms with Crippen LogP contribution in [0.5, 0.6) is 0 Å². The predicted molar refractivity (Wildman–Crippen MR) is 147 cm³/mol. The molecule has 2 unspecified atom stereocenters. The number of amides is 1. The number of hydrogen-bond donors (Lipinski definition) is 2. The number of carboxylic acids is 1. The number of carbonyl (C=O) groups is 2. The van der Waals surface area contributed by atoms with E-state index in [2.05, 4.69) is 5.32 Å². The lowest BCUT2D eigenvalue weighted by atomic mass is 9.88. The highest BCUT2D eigenvalue weighted by Crippen LogP contribution is 2.36. The van der Waals surface area contributed by atoms with E-state index in [9.17, 15) is 23.1 Å². The van der Waals surface area contributed by atoms with E-state index in [0.29, 0.717) is 22.7 Å². The van der Waals surface area contributed by atoms with E-state index in [1.807, 2.05) is 30.3 Å². The molecule has 0 saturated heterocycles. The van der Waals surface area contributed by atoms with Crippen molar-refractivity contribution in [3.05, 3.63) is 113 Å². The van der Waals surface area contributed by atoms with E-state index >= 15 is 0 Å². The highest BCUT2D eigenvalue weighted by atomic mass is 35.5. The van der Waals surface area contributed by atoms with E-state index in [1.165, 1.54) is 40.7 Å². The second-order valence-electron chi connectivity index (χ2n) is 8.99. The number of nitrogens with one attached hydrogen (secondary N) is 1. The topological polar surface area (TPSA) is 104 Å². The number of nitrogens with zero attached hydrogens (tertiary/aromatic N) is 1. The van der Waals surface area contributed by atoms with Gasteiger partial charge in [0.25, 0.3) is 15.9 Å². The molecule has 7 nitrogen and oxygen atoms in total. The van der Waals surface area contributed by atoms with Gasteiger partial charge in [-0.3, -0.25) is 13.9 Å². The Morgan fingerprint density at radius 2 is 1.79 bits per heavy atom. The summed E-state index contributed by atoms with van der Waals surface area (Å²) < 4.78 is 28.2. The van der Waals surface area contributed by atoms with Crippen molar-refractivity contribution in [1.29, 1.82) is 0 Å². The van der Waals surface area contributed by atoms with E-state index < -0.39 is 32.8 Å². The Bertz CT molecular complexity index is 1600. The Morgan fingerprint density at radius 3 is 2.53 bits per heavy atom. The molecule has 2 aliphatic rings. The number of alkyl halides is 1. The summed E-state index contributed by atoms with van der Waals surface area (Å²) >= 11 is 12.7. The van der Waals surface area contributed by atoms with Crippen molar-refractivity contribution in [3.8, 4) is 0 Å². The lowest BCUT2D eigenvalue weighted by molar-refractivity contribution is -0.140. The van der Waals surface area contributed by atoms with Crippen LogP contribution in [0.1, 0.15) is 21.5 Å². The van der Waals surface area contributed by atoms with Gasteiger partial charge in [-0.1, -0.05) is 71.8 Å². The Labute approximate surface area is 230 Å². The quantitative estimate of drug-likeness (QED) is 0.317. The molecular formula is C28H22Cl2N2O5S. The number of carboxylic acid groups (broad SMARTS) is 1. The molecule has 0 spiro atoms. The number of aliphatic carboxylic acids is 1. The lowest BCUT2D eigenvalue weighted by Crippen LogP contribution is -2.51. The summed E-state index contributed by atoms with van der Waals surface area (Å²) in [5.74, 6) is -3.20. The molecule has 1 aliphatic heterocycles. The fourth-order valence-electron chi connectivity index (χ4n) is 4.63. The van der Waals surface area contributed by atoms with Gasteiger partial charge in [0, 0.05) is 17.1 Å². The van der Waals surface area contributed by atoms with Gasteiger partial charge >= 0.3 is 5.97 Å². The number of hydrogen-bond acceptors (Lipinski definition) is 4. The van der Waals surface area contributed by atoms with Crippen molar-refractivity contribution in [2.45, 2.75) is 16.3 Å². The van der Waals surface area contributed by atoms with Crippen LogP contribution in [-0.2, 0) is 21.2 Å². The maximum absolute atomic E-state index is 13.5. The SMILES string of the molecule is O=C(NC1(Cl)C=CC(c2ccccc2)=CC1C(=O)O)c1cccc(S(=O)(=O)N2CCc3cc(Cl)ccc32)c1. The first-order chi connectivity index (χ1) is 18.1. The van der Waals surface area contributed by atoms with Crippen molar-refractivity contribution in [3.63, 3.8) is 0 Å². The zero-order chi connectivity index (χ0) is 27.1. The van der Waals surface area contributed by atoms with Crippen LogP contribution in [0.2, 0.25) is 5.02 Å². The first kappa shape index (κ1) is 26.0. The zero-order valence-electron chi connectivity index (χ0n) is 19.8. The smallest absolute Gasteiger partial charge is 0.314 e. The summed E-state index contributed by atoms with van der Waals surface area (Å²) in [4.78, 5) is 23.5. The number of halogens is 2. The number of rotatable bonds is 6. The predicted octanol–water partition coefficient (Wildman–Crippen LogP) is 5.11.